The third-order valence-corrected chi connectivity index (χ3v) is 6.06. The Balaban J connectivity index is 1.50. The second kappa shape index (κ2) is 12.7. The Labute approximate surface area is 182 Å². The molecule has 7 heteroatoms. The molecule has 2 aliphatic rings. The minimum atomic E-state index is 0.650. The summed E-state index contributed by atoms with van der Waals surface area (Å²) in [7, 11) is 2.18. The second-order valence-corrected chi connectivity index (χ2v) is 8.51. The molecule has 0 spiro atoms. The maximum atomic E-state index is 4.86. The van der Waals surface area contributed by atoms with Crippen LogP contribution >= 0.6 is 0 Å². The van der Waals surface area contributed by atoms with Gasteiger partial charge < -0.3 is 25.3 Å². The molecule has 1 aromatic heterocycles. The molecular formula is C23H41N7. The summed E-state index contributed by atoms with van der Waals surface area (Å²) >= 11 is 0. The normalized spacial score (nSPS) is 19.5. The Morgan fingerprint density at radius 2 is 1.80 bits per heavy atom. The Hall–Kier alpha value is -1.86. The van der Waals surface area contributed by atoms with Gasteiger partial charge >= 0.3 is 0 Å². The highest BCUT2D eigenvalue weighted by molar-refractivity contribution is 5.79. The Kier molecular flexibility index (Phi) is 9.70. The molecule has 0 unspecified atom stereocenters. The van der Waals surface area contributed by atoms with Crippen LogP contribution in [0.5, 0.6) is 0 Å². The number of aliphatic imine (C=N–C) groups is 1. The summed E-state index contributed by atoms with van der Waals surface area (Å²) < 4.78 is 0. The largest absolute Gasteiger partial charge is 0.357 e. The first-order valence-corrected chi connectivity index (χ1v) is 11.9. The Morgan fingerprint density at radius 3 is 2.53 bits per heavy atom. The van der Waals surface area contributed by atoms with E-state index in [1.165, 1.54) is 50.9 Å². The number of pyridine rings is 1. The molecule has 3 heterocycles. The van der Waals surface area contributed by atoms with Crippen molar-refractivity contribution in [1.82, 2.24) is 25.4 Å². The van der Waals surface area contributed by atoms with Crippen LogP contribution in [-0.4, -0.2) is 86.7 Å². The second-order valence-electron chi connectivity index (χ2n) is 8.51. The van der Waals surface area contributed by atoms with E-state index in [4.69, 9.17) is 4.99 Å². The predicted molar refractivity (Wildman–Crippen MR) is 126 cm³/mol. The smallest absolute Gasteiger partial charge is 0.191 e. The minimum absolute atomic E-state index is 0.650. The van der Waals surface area contributed by atoms with Gasteiger partial charge in [-0.05, 0) is 58.9 Å². The zero-order valence-corrected chi connectivity index (χ0v) is 19.1. The fraction of sp³-hybridized carbons (Fsp3) is 0.739. The minimum Gasteiger partial charge on any atom is -0.357 e. The predicted octanol–water partition coefficient (Wildman–Crippen LogP) is 2.15. The third kappa shape index (κ3) is 7.43. The SMILES string of the molecule is CCNC(=NCc1cccnc1N1CCN(C)CC1)NCCCN1CCCCCC1. The number of nitrogens with one attached hydrogen (secondary N) is 2. The molecular weight excluding hydrogens is 374 g/mol. The number of nitrogens with zero attached hydrogens (tertiary/aromatic N) is 5. The van der Waals surface area contributed by atoms with E-state index in [1.807, 2.05) is 12.3 Å². The van der Waals surface area contributed by atoms with E-state index >= 15 is 0 Å². The van der Waals surface area contributed by atoms with Crippen molar-refractivity contribution in [2.75, 3.05) is 70.9 Å². The first-order chi connectivity index (χ1) is 14.8. The van der Waals surface area contributed by atoms with Crippen molar-refractivity contribution >= 4 is 11.8 Å². The number of hydrogen-bond donors (Lipinski definition) is 2. The van der Waals surface area contributed by atoms with Gasteiger partial charge in [0.2, 0.25) is 0 Å². The number of hydrogen-bond acceptors (Lipinski definition) is 5. The molecule has 30 heavy (non-hydrogen) atoms. The molecule has 7 nitrogen and oxygen atoms in total. The van der Waals surface area contributed by atoms with Gasteiger partial charge in [0.25, 0.3) is 0 Å². The van der Waals surface area contributed by atoms with Crippen molar-refractivity contribution in [2.24, 2.45) is 4.99 Å². The van der Waals surface area contributed by atoms with Crippen molar-refractivity contribution in [3.63, 3.8) is 0 Å². The van der Waals surface area contributed by atoms with E-state index in [2.05, 4.69) is 50.4 Å². The van der Waals surface area contributed by atoms with Gasteiger partial charge in [-0.25, -0.2) is 9.98 Å². The summed E-state index contributed by atoms with van der Waals surface area (Å²) in [4.78, 5) is 16.9. The van der Waals surface area contributed by atoms with Crippen LogP contribution in [-0.2, 0) is 6.54 Å². The molecule has 1 aromatic rings. The van der Waals surface area contributed by atoms with Crippen LogP contribution in [0, 0.1) is 0 Å². The van der Waals surface area contributed by atoms with Gasteiger partial charge in [0.1, 0.15) is 5.82 Å². The zero-order chi connectivity index (χ0) is 21.0. The van der Waals surface area contributed by atoms with Crippen LogP contribution < -0.4 is 15.5 Å². The van der Waals surface area contributed by atoms with E-state index in [0.29, 0.717) is 6.54 Å². The quantitative estimate of drug-likeness (QED) is 0.385. The average Bonchev–Trinajstić information content (AvgIpc) is 3.05. The van der Waals surface area contributed by atoms with Gasteiger partial charge in [-0.15, -0.1) is 0 Å². The van der Waals surface area contributed by atoms with E-state index in [1.54, 1.807) is 0 Å². The summed E-state index contributed by atoms with van der Waals surface area (Å²) in [6.45, 7) is 12.5. The van der Waals surface area contributed by atoms with Crippen molar-refractivity contribution in [3.05, 3.63) is 23.9 Å². The van der Waals surface area contributed by atoms with Gasteiger partial charge in [-0.3, -0.25) is 0 Å². The summed E-state index contributed by atoms with van der Waals surface area (Å²) in [6.07, 6.45) is 8.57. The van der Waals surface area contributed by atoms with Gasteiger partial charge in [0.15, 0.2) is 5.96 Å². The first-order valence-electron chi connectivity index (χ1n) is 11.9. The average molecular weight is 416 g/mol. The van der Waals surface area contributed by atoms with Gasteiger partial charge in [-0.2, -0.15) is 0 Å². The molecule has 3 rings (SSSR count). The van der Waals surface area contributed by atoms with Crippen molar-refractivity contribution in [2.45, 2.75) is 45.6 Å². The van der Waals surface area contributed by atoms with Crippen molar-refractivity contribution < 1.29 is 0 Å². The number of rotatable bonds is 8. The number of likely N-dealkylation sites (tertiary alicyclic amines) is 1. The molecule has 0 amide bonds. The fourth-order valence-corrected chi connectivity index (χ4v) is 4.23. The molecule has 2 aliphatic heterocycles. The van der Waals surface area contributed by atoms with Crippen LogP contribution in [0.4, 0.5) is 5.82 Å². The summed E-state index contributed by atoms with van der Waals surface area (Å²) in [5, 5.41) is 6.91. The van der Waals surface area contributed by atoms with Crippen LogP contribution in [0.15, 0.2) is 23.3 Å². The molecule has 0 aliphatic carbocycles. The van der Waals surface area contributed by atoms with Crippen LogP contribution in [0.1, 0.15) is 44.6 Å². The van der Waals surface area contributed by atoms with Crippen molar-refractivity contribution in [3.8, 4) is 0 Å². The third-order valence-electron chi connectivity index (χ3n) is 6.06. The lowest BCUT2D eigenvalue weighted by atomic mass is 10.2. The lowest BCUT2D eigenvalue weighted by Crippen LogP contribution is -2.45. The molecule has 0 bridgehead atoms. The van der Waals surface area contributed by atoms with E-state index in [-0.39, 0.29) is 0 Å². The molecule has 0 aromatic carbocycles. The first kappa shape index (κ1) is 22.8. The fourth-order valence-electron chi connectivity index (χ4n) is 4.23. The monoisotopic (exact) mass is 415 g/mol. The maximum Gasteiger partial charge on any atom is 0.191 e. The highest BCUT2D eigenvalue weighted by Gasteiger charge is 2.17. The standard InChI is InChI=1S/C23H41N7/c1-3-24-23(26-12-9-15-29-13-6-4-5-7-14-29)27-20-21-10-8-11-25-22(21)30-18-16-28(2)17-19-30/h8,10-11H,3-7,9,12-20H2,1-2H3,(H2,24,26,27). The molecule has 168 valence electrons. The molecule has 0 radical (unpaired) electrons. The van der Waals surface area contributed by atoms with Crippen LogP contribution in [0.3, 0.4) is 0 Å². The molecule has 2 N–H and O–H groups in total. The summed E-state index contributed by atoms with van der Waals surface area (Å²) in [6, 6.07) is 4.18. The summed E-state index contributed by atoms with van der Waals surface area (Å²) in [5.74, 6) is 1.99. The van der Waals surface area contributed by atoms with Crippen LogP contribution in [0.2, 0.25) is 0 Å². The molecule has 0 saturated carbocycles. The highest BCUT2D eigenvalue weighted by atomic mass is 15.3. The van der Waals surface area contributed by atoms with Gasteiger partial charge in [-0.1, -0.05) is 18.9 Å². The lowest BCUT2D eigenvalue weighted by Gasteiger charge is -2.34. The number of piperazine rings is 1. The highest BCUT2D eigenvalue weighted by Crippen LogP contribution is 2.19. The Bertz CT molecular complexity index is 632. The van der Waals surface area contributed by atoms with E-state index in [9.17, 15) is 0 Å². The molecule has 2 saturated heterocycles. The van der Waals surface area contributed by atoms with Gasteiger partial charge in [0, 0.05) is 51.0 Å². The summed E-state index contributed by atoms with van der Waals surface area (Å²) in [5.41, 5.74) is 1.20. The van der Waals surface area contributed by atoms with Gasteiger partial charge in [0.05, 0.1) is 6.54 Å². The number of aromatic nitrogens is 1. The molecule has 2 fully saturated rings. The lowest BCUT2D eigenvalue weighted by molar-refractivity contribution is 0.282. The zero-order valence-electron chi connectivity index (χ0n) is 19.1. The number of likely N-dealkylation sites (N-methyl/N-ethyl adjacent to an activating group) is 1. The van der Waals surface area contributed by atoms with Crippen LogP contribution in [0.25, 0.3) is 0 Å². The van der Waals surface area contributed by atoms with E-state index < -0.39 is 0 Å². The van der Waals surface area contributed by atoms with Crippen molar-refractivity contribution in [1.29, 1.82) is 0 Å². The topological polar surface area (TPSA) is 59.0 Å². The number of guanidine groups is 1. The number of anilines is 1. The molecule has 0 atom stereocenters. The van der Waals surface area contributed by atoms with E-state index in [0.717, 1.165) is 57.5 Å². The maximum absolute atomic E-state index is 4.86. The Morgan fingerprint density at radius 1 is 1.03 bits per heavy atom.